The summed E-state index contributed by atoms with van der Waals surface area (Å²) in [6, 6.07) is 0.618. The van der Waals surface area contributed by atoms with E-state index in [2.05, 4.69) is 31.1 Å². The molecule has 2 atom stereocenters. The highest BCUT2D eigenvalue weighted by Gasteiger charge is 2.23. The molecule has 0 saturated carbocycles. The van der Waals surface area contributed by atoms with Crippen molar-refractivity contribution in [2.24, 2.45) is 16.8 Å². The van der Waals surface area contributed by atoms with Crippen molar-refractivity contribution in [3.05, 3.63) is 0 Å². The zero-order chi connectivity index (χ0) is 12.3. The highest BCUT2D eigenvalue weighted by molar-refractivity contribution is 8.14. The van der Waals surface area contributed by atoms with Crippen LogP contribution in [0.2, 0.25) is 0 Å². The molecule has 4 heteroatoms. The van der Waals surface area contributed by atoms with Gasteiger partial charge in [0.1, 0.15) is 0 Å². The molecular weight excluding hydrogens is 230 g/mol. The van der Waals surface area contributed by atoms with E-state index in [-0.39, 0.29) is 0 Å². The predicted octanol–water partition coefficient (Wildman–Crippen LogP) is 2.05. The summed E-state index contributed by atoms with van der Waals surface area (Å²) in [7, 11) is 2.22. The lowest BCUT2D eigenvalue weighted by atomic mass is 9.99. The molecule has 2 aliphatic rings. The largest absolute Gasteiger partial charge is 0.361 e. The van der Waals surface area contributed by atoms with Crippen molar-refractivity contribution in [2.45, 2.75) is 32.7 Å². The first-order chi connectivity index (χ1) is 8.15. The first-order valence-corrected chi connectivity index (χ1v) is 7.76. The summed E-state index contributed by atoms with van der Waals surface area (Å²) in [5, 5.41) is 4.72. The van der Waals surface area contributed by atoms with Crippen LogP contribution in [0.4, 0.5) is 0 Å². The van der Waals surface area contributed by atoms with Crippen LogP contribution in [0.25, 0.3) is 0 Å². The number of nitrogens with zero attached hydrogens (tertiary/aromatic N) is 2. The Labute approximate surface area is 109 Å². The molecule has 0 aromatic rings. The molecule has 0 aliphatic carbocycles. The van der Waals surface area contributed by atoms with Crippen LogP contribution in [0.5, 0.6) is 0 Å². The van der Waals surface area contributed by atoms with E-state index in [0.717, 1.165) is 12.5 Å². The third-order valence-electron chi connectivity index (χ3n) is 3.73. The van der Waals surface area contributed by atoms with Crippen molar-refractivity contribution in [1.29, 1.82) is 0 Å². The van der Waals surface area contributed by atoms with Crippen LogP contribution in [0.3, 0.4) is 0 Å². The van der Waals surface area contributed by atoms with E-state index in [4.69, 9.17) is 4.99 Å². The molecule has 2 rings (SSSR count). The molecule has 1 N–H and O–H groups in total. The fourth-order valence-electron chi connectivity index (χ4n) is 2.50. The Hall–Kier alpha value is -0.220. The second-order valence-electron chi connectivity index (χ2n) is 5.72. The number of nitrogens with one attached hydrogen (secondary N) is 1. The van der Waals surface area contributed by atoms with Crippen molar-refractivity contribution >= 4 is 16.9 Å². The van der Waals surface area contributed by atoms with Gasteiger partial charge >= 0.3 is 0 Å². The number of likely N-dealkylation sites (tertiary alicyclic amines) is 1. The van der Waals surface area contributed by atoms with Gasteiger partial charge in [-0.2, -0.15) is 0 Å². The normalized spacial score (nSPS) is 33.3. The lowest BCUT2D eigenvalue weighted by molar-refractivity contribution is 0.214. The van der Waals surface area contributed by atoms with Gasteiger partial charge in [0.25, 0.3) is 0 Å². The Bertz CT molecular complexity index is 278. The molecule has 1 unspecified atom stereocenters. The number of piperidine rings is 1. The standard InChI is InChI=1S/C13H25N3S/c1-10(2)12-9-17-13(15-12)14-7-11-5-4-6-16(3)8-11/h10-12H,4-9H2,1-3H3,(H,14,15)/t11?,12-/m1/s1. The van der Waals surface area contributed by atoms with Crippen molar-refractivity contribution in [2.75, 3.05) is 32.4 Å². The van der Waals surface area contributed by atoms with Gasteiger partial charge < -0.3 is 10.2 Å². The minimum Gasteiger partial charge on any atom is -0.361 e. The number of amidine groups is 1. The predicted molar refractivity (Wildman–Crippen MR) is 76.7 cm³/mol. The smallest absolute Gasteiger partial charge is 0.156 e. The maximum absolute atomic E-state index is 4.76. The quantitative estimate of drug-likeness (QED) is 0.836. The lowest BCUT2D eigenvalue weighted by Crippen LogP contribution is -2.34. The molecule has 0 aromatic heterocycles. The van der Waals surface area contributed by atoms with Gasteiger partial charge in [-0.25, -0.2) is 0 Å². The summed E-state index contributed by atoms with van der Waals surface area (Å²) in [6.07, 6.45) is 2.68. The zero-order valence-corrected chi connectivity index (χ0v) is 12.1. The monoisotopic (exact) mass is 255 g/mol. The summed E-state index contributed by atoms with van der Waals surface area (Å²) >= 11 is 1.89. The molecule has 98 valence electrons. The topological polar surface area (TPSA) is 27.6 Å². The molecule has 17 heavy (non-hydrogen) atoms. The highest BCUT2D eigenvalue weighted by atomic mass is 32.2. The Morgan fingerprint density at radius 1 is 1.53 bits per heavy atom. The summed E-state index contributed by atoms with van der Waals surface area (Å²) in [5.41, 5.74) is 0. The molecule has 2 heterocycles. The zero-order valence-electron chi connectivity index (χ0n) is 11.3. The summed E-state index contributed by atoms with van der Waals surface area (Å²) < 4.78 is 0. The molecule has 0 amide bonds. The third kappa shape index (κ3) is 3.88. The van der Waals surface area contributed by atoms with Crippen LogP contribution in [-0.2, 0) is 0 Å². The van der Waals surface area contributed by atoms with Crippen LogP contribution in [-0.4, -0.2) is 48.5 Å². The summed E-state index contributed by atoms with van der Waals surface area (Å²) in [4.78, 5) is 7.19. The maximum Gasteiger partial charge on any atom is 0.156 e. The summed E-state index contributed by atoms with van der Waals surface area (Å²) in [6.45, 7) is 8.03. The van der Waals surface area contributed by atoms with Gasteiger partial charge in [0, 0.05) is 24.9 Å². The molecule has 2 aliphatic heterocycles. The Morgan fingerprint density at radius 3 is 3.00 bits per heavy atom. The van der Waals surface area contributed by atoms with Gasteiger partial charge in [-0.05, 0) is 38.3 Å². The van der Waals surface area contributed by atoms with Gasteiger partial charge in [-0.15, -0.1) is 0 Å². The van der Waals surface area contributed by atoms with E-state index in [1.807, 2.05) is 11.8 Å². The van der Waals surface area contributed by atoms with Crippen LogP contribution >= 0.6 is 11.8 Å². The van der Waals surface area contributed by atoms with Crippen LogP contribution in [0.15, 0.2) is 4.99 Å². The fourth-order valence-corrected chi connectivity index (χ4v) is 3.70. The van der Waals surface area contributed by atoms with Crippen LogP contribution < -0.4 is 5.32 Å². The Kier molecular flexibility index (Phi) is 4.74. The number of thioether (sulfide) groups is 1. The number of hydrogen-bond donors (Lipinski definition) is 1. The Morgan fingerprint density at radius 2 is 2.35 bits per heavy atom. The minimum atomic E-state index is 0.618. The van der Waals surface area contributed by atoms with Crippen molar-refractivity contribution in [3.8, 4) is 0 Å². The molecule has 0 aromatic carbocycles. The number of hydrogen-bond acceptors (Lipinski definition) is 3. The lowest BCUT2D eigenvalue weighted by Gasteiger charge is -2.28. The van der Waals surface area contributed by atoms with Gasteiger partial charge in [-0.3, -0.25) is 4.99 Å². The first-order valence-electron chi connectivity index (χ1n) is 6.77. The SMILES string of the molecule is CC(C)[C@H]1CSC(=NCC2CCCN(C)C2)N1. The van der Waals surface area contributed by atoms with Gasteiger partial charge in [0.2, 0.25) is 0 Å². The molecular formula is C13H25N3S. The van der Waals surface area contributed by atoms with E-state index in [1.165, 1.54) is 36.9 Å². The van der Waals surface area contributed by atoms with Crippen molar-refractivity contribution < 1.29 is 0 Å². The van der Waals surface area contributed by atoms with E-state index in [9.17, 15) is 0 Å². The summed E-state index contributed by atoms with van der Waals surface area (Å²) in [5.74, 6) is 2.65. The molecule has 0 spiro atoms. The minimum absolute atomic E-state index is 0.618. The molecule has 2 fully saturated rings. The first kappa shape index (κ1) is 13.2. The van der Waals surface area contributed by atoms with Crippen molar-refractivity contribution in [1.82, 2.24) is 10.2 Å². The average molecular weight is 255 g/mol. The fraction of sp³-hybridized carbons (Fsp3) is 0.923. The third-order valence-corrected chi connectivity index (χ3v) is 4.77. The second kappa shape index (κ2) is 6.10. The molecule has 3 nitrogen and oxygen atoms in total. The second-order valence-corrected chi connectivity index (χ2v) is 6.73. The van der Waals surface area contributed by atoms with E-state index in [1.54, 1.807) is 0 Å². The van der Waals surface area contributed by atoms with Crippen LogP contribution in [0, 0.1) is 11.8 Å². The van der Waals surface area contributed by atoms with Gasteiger partial charge in [-0.1, -0.05) is 25.6 Å². The number of aliphatic imine (C=N–C) groups is 1. The average Bonchev–Trinajstić information content (AvgIpc) is 2.75. The van der Waals surface area contributed by atoms with E-state index >= 15 is 0 Å². The van der Waals surface area contributed by atoms with Crippen molar-refractivity contribution in [3.63, 3.8) is 0 Å². The molecule has 2 saturated heterocycles. The molecule has 0 radical (unpaired) electrons. The van der Waals surface area contributed by atoms with Crippen LogP contribution in [0.1, 0.15) is 26.7 Å². The van der Waals surface area contributed by atoms with Gasteiger partial charge in [0.05, 0.1) is 0 Å². The number of rotatable bonds is 3. The Balaban J connectivity index is 1.77. The maximum atomic E-state index is 4.76. The van der Waals surface area contributed by atoms with E-state index in [0.29, 0.717) is 12.0 Å². The van der Waals surface area contributed by atoms with E-state index < -0.39 is 0 Å². The van der Waals surface area contributed by atoms with Gasteiger partial charge in [0.15, 0.2) is 5.17 Å². The molecule has 0 bridgehead atoms. The highest BCUT2D eigenvalue weighted by Crippen LogP contribution is 2.20.